The van der Waals surface area contributed by atoms with Crippen molar-refractivity contribution in [2.24, 2.45) is 23.2 Å². The van der Waals surface area contributed by atoms with Gasteiger partial charge in [-0.2, -0.15) is 5.10 Å². The Morgan fingerprint density at radius 2 is 2.00 bits per heavy atom. The fourth-order valence-electron chi connectivity index (χ4n) is 5.32. The number of hydrogen-bond donors (Lipinski definition) is 2. The number of anilines is 1. The van der Waals surface area contributed by atoms with Crippen molar-refractivity contribution in [2.45, 2.75) is 32.2 Å². The molecular formula is C24H28N4O3. The molecule has 2 bridgehead atoms. The van der Waals surface area contributed by atoms with E-state index in [9.17, 15) is 9.59 Å². The second-order valence-electron chi connectivity index (χ2n) is 8.94. The van der Waals surface area contributed by atoms with Crippen molar-refractivity contribution in [3.63, 3.8) is 0 Å². The number of ether oxygens (including phenoxy) is 1. The molecular weight excluding hydrogens is 392 g/mol. The lowest BCUT2D eigenvalue weighted by Gasteiger charge is -2.20. The molecule has 31 heavy (non-hydrogen) atoms. The number of para-hydroxylation sites is 1. The van der Waals surface area contributed by atoms with Gasteiger partial charge in [-0.15, -0.1) is 0 Å². The van der Waals surface area contributed by atoms with Gasteiger partial charge in [0.2, 0.25) is 11.8 Å². The minimum absolute atomic E-state index is 0.0474. The van der Waals surface area contributed by atoms with E-state index in [-0.39, 0.29) is 24.8 Å². The number of carbonyl (C=O) groups is 2. The van der Waals surface area contributed by atoms with Gasteiger partial charge in [-0.25, -0.2) is 0 Å². The van der Waals surface area contributed by atoms with Gasteiger partial charge in [-0.05, 0) is 54.6 Å². The first-order chi connectivity index (χ1) is 15.1. The van der Waals surface area contributed by atoms with E-state index in [2.05, 4.69) is 27.9 Å². The molecule has 2 amide bonds. The predicted molar refractivity (Wildman–Crippen MR) is 116 cm³/mol. The highest BCUT2D eigenvalue weighted by Gasteiger charge is 2.62. The van der Waals surface area contributed by atoms with E-state index >= 15 is 0 Å². The Hall–Kier alpha value is -3.09. The van der Waals surface area contributed by atoms with Crippen molar-refractivity contribution < 1.29 is 14.3 Å². The normalized spacial score (nSPS) is 24.3. The summed E-state index contributed by atoms with van der Waals surface area (Å²) >= 11 is 0. The highest BCUT2D eigenvalue weighted by atomic mass is 16.5. The van der Waals surface area contributed by atoms with Gasteiger partial charge < -0.3 is 15.4 Å². The average molecular weight is 421 g/mol. The van der Waals surface area contributed by atoms with Gasteiger partial charge in [0.1, 0.15) is 12.3 Å². The second-order valence-corrected chi connectivity index (χ2v) is 8.94. The zero-order valence-corrected chi connectivity index (χ0v) is 17.5. The van der Waals surface area contributed by atoms with Crippen LogP contribution in [0, 0.1) is 23.2 Å². The Labute approximate surface area is 181 Å². The first-order valence-electron chi connectivity index (χ1n) is 11.1. The Morgan fingerprint density at radius 3 is 2.77 bits per heavy atom. The molecule has 5 rings (SSSR count). The number of benzene rings is 1. The summed E-state index contributed by atoms with van der Waals surface area (Å²) in [4.78, 5) is 24.5. The third-order valence-electron chi connectivity index (χ3n) is 6.97. The third-order valence-corrected chi connectivity index (χ3v) is 6.97. The van der Waals surface area contributed by atoms with Crippen LogP contribution in [0.4, 0.5) is 5.69 Å². The maximum absolute atomic E-state index is 12.4. The second kappa shape index (κ2) is 8.21. The molecule has 7 nitrogen and oxygen atoms in total. The summed E-state index contributed by atoms with van der Waals surface area (Å²) in [5.74, 6) is 2.48. The average Bonchev–Trinajstić information content (AvgIpc) is 3.24. The lowest BCUT2D eigenvalue weighted by molar-refractivity contribution is -0.122. The Bertz CT molecular complexity index is 980. The number of rotatable bonds is 9. The van der Waals surface area contributed by atoms with Crippen molar-refractivity contribution in [3.8, 4) is 5.75 Å². The Balaban J connectivity index is 1.03. The molecule has 2 saturated carbocycles. The molecule has 1 heterocycles. The van der Waals surface area contributed by atoms with E-state index in [1.54, 1.807) is 17.1 Å². The summed E-state index contributed by atoms with van der Waals surface area (Å²) < 4.78 is 7.09. The van der Waals surface area contributed by atoms with Crippen molar-refractivity contribution in [1.29, 1.82) is 0 Å². The van der Waals surface area contributed by atoms with Crippen LogP contribution in [0.15, 0.2) is 54.9 Å². The zero-order valence-electron chi connectivity index (χ0n) is 17.5. The first-order valence-corrected chi connectivity index (χ1v) is 11.1. The van der Waals surface area contributed by atoms with Crippen molar-refractivity contribution in [3.05, 3.63) is 54.9 Å². The summed E-state index contributed by atoms with van der Waals surface area (Å²) in [7, 11) is 0. The Morgan fingerprint density at radius 1 is 1.16 bits per heavy atom. The molecule has 3 aliphatic carbocycles. The molecule has 3 aliphatic rings. The summed E-state index contributed by atoms with van der Waals surface area (Å²) in [6, 6.07) is 9.39. The summed E-state index contributed by atoms with van der Waals surface area (Å²) in [5.41, 5.74) is 1.13. The summed E-state index contributed by atoms with van der Waals surface area (Å²) in [6.45, 7) is 1.18. The number of aromatic nitrogens is 2. The lowest BCUT2D eigenvalue weighted by atomic mass is 9.89. The molecule has 2 aromatic rings. The predicted octanol–water partition coefficient (Wildman–Crippen LogP) is 3.01. The largest absolute Gasteiger partial charge is 0.493 e. The van der Waals surface area contributed by atoms with Crippen LogP contribution in [0.25, 0.3) is 0 Å². The molecule has 1 spiro atoms. The van der Waals surface area contributed by atoms with E-state index < -0.39 is 0 Å². The van der Waals surface area contributed by atoms with Crippen LogP contribution in [0.5, 0.6) is 5.75 Å². The van der Waals surface area contributed by atoms with Gasteiger partial charge in [0, 0.05) is 12.7 Å². The number of nitrogens with one attached hydrogen (secondary N) is 2. The van der Waals surface area contributed by atoms with Crippen molar-refractivity contribution in [1.82, 2.24) is 15.1 Å². The molecule has 0 radical (unpaired) electrons. The minimum atomic E-state index is -0.154. The highest BCUT2D eigenvalue weighted by Crippen LogP contribution is 2.69. The van der Waals surface area contributed by atoms with Gasteiger partial charge >= 0.3 is 0 Å². The van der Waals surface area contributed by atoms with Crippen LogP contribution >= 0.6 is 0 Å². The van der Waals surface area contributed by atoms with E-state index in [1.165, 1.54) is 19.3 Å². The quantitative estimate of drug-likeness (QED) is 0.611. The van der Waals surface area contributed by atoms with Crippen molar-refractivity contribution >= 4 is 17.5 Å². The van der Waals surface area contributed by atoms with Gasteiger partial charge in [-0.3, -0.25) is 14.3 Å². The molecule has 0 unspecified atom stereocenters. The van der Waals surface area contributed by atoms with Gasteiger partial charge in [0.25, 0.3) is 0 Å². The Kier molecular flexibility index (Phi) is 5.26. The van der Waals surface area contributed by atoms with Crippen LogP contribution in [-0.4, -0.2) is 34.7 Å². The van der Waals surface area contributed by atoms with E-state index in [0.717, 1.165) is 18.2 Å². The minimum Gasteiger partial charge on any atom is -0.493 e. The van der Waals surface area contributed by atoms with E-state index in [4.69, 9.17) is 4.74 Å². The molecule has 7 heteroatoms. The monoisotopic (exact) mass is 420 g/mol. The molecule has 0 saturated heterocycles. The van der Waals surface area contributed by atoms with Gasteiger partial charge in [0.15, 0.2) is 0 Å². The standard InChI is InChI=1S/C24H28N4O3/c29-22(8-11-31-20-4-2-1-3-5-20)27-19-14-26-28(15-19)16-23(30)25-13-17-12-18-6-7-21(17)24(18)9-10-24/h1-7,14-15,17-18,21H,8-13,16H2,(H,25,30)(H,27,29)/t17-,18-,21-/m1/s1. The number of carbonyl (C=O) groups excluding carboxylic acids is 2. The molecule has 1 aromatic heterocycles. The third kappa shape index (κ3) is 4.22. The van der Waals surface area contributed by atoms with Gasteiger partial charge in [0.05, 0.1) is 24.9 Å². The van der Waals surface area contributed by atoms with E-state index in [0.29, 0.717) is 29.5 Å². The fourth-order valence-corrected chi connectivity index (χ4v) is 5.32. The van der Waals surface area contributed by atoms with Crippen molar-refractivity contribution in [2.75, 3.05) is 18.5 Å². The number of nitrogens with zero attached hydrogens (tertiary/aromatic N) is 2. The molecule has 162 valence electrons. The smallest absolute Gasteiger partial charge is 0.241 e. The van der Waals surface area contributed by atoms with E-state index in [1.807, 2.05) is 30.3 Å². The van der Waals surface area contributed by atoms with Crippen LogP contribution < -0.4 is 15.4 Å². The summed E-state index contributed by atoms with van der Waals surface area (Å²) in [5, 5.41) is 10.1. The van der Waals surface area contributed by atoms with Crippen LogP contribution in [0.1, 0.15) is 25.7 Å². The van der Waals surface area contributed by atoms with Crippen LogP contribution in [-0.2, 0) is 16.1 Å². The number of allylic oxidation sites excluding steroid dienone is 2. The van der Waals surface area contributed by atoms with Gasteiger partial charge in [-0.1, -0.05) is 30.4 Å². The molecule has 2 N–H and O–H groups in total. The number of hydrogen-bond acceptors (Lipinski definition) is 4. The molecule has 3 atom stereocenters. The zero-order chi connectivity index (χ0) is 21.3. The molecule has 1 aromatic carbocycles. The highest BCUT2D eigenvalue weighted by molar-refractivity contribution is 5.90. The maximum atomic E-state index is 12.4. The molecule has 2 fully saturated rings. The van der Waals surface area contributed by atoms with Crippen LogP contribution in [0.2, 0.25) is 0 Å². The van der Waals surface area contributed by atoms with Crippen LogP contribution in [0.3, 0.4) is 0 Å². The SMILES string of the molecule is O=C(Cn1cc(NC(=O)CCOc2ccccc2)cn1)NC[C@H]1C[C@H]2C=C[C@H]1C21CC1. The molecule has 0 aliphatic heterocycles. The lowest BCUT2D eigenvalue weighted by Crippen LogP contribution is -2.34. The topological polar surface area (TPSA) is 85.2 Å². The fraction of sp³-hybridized carbons (Fsp3) is 0.458. The summed E-state index contributed by atoms with van der Waals surface area (Å²) in [6.07, 6.45) is 12.1. The maximum Gasteiger partial charge on any atom is 0.241 e. The first kappa shape index (κ1) is 19.8. The number of amides is 2.